The molecule has 0 aliphatic carbocycles. The fourth-order valence-electron chi connectivity index (χ4n) is 2.55. The average molecular weight is 259 g/mol. The van der Waals surface area contributed by atoms with Gasteiger partial charge in [0.1, 0.15) is 0 Å². The number of hydrogen-bond acceptors (Lipinski definition) is 1. The third-order valence-electron chi connectivity index (χ3n) is 3.91. The molecule has 1 fully saturated rings. The predicted molar refractivity (Wildman–Crippen MR) is 79.3 cm³/mol. The Kier molecular flexibility index (Phi) is 4.28. The number of benzene rings is 1. The van der Waals surface area contributed by atoms with E-state index in [9.17, 15) is 4.79 Å². The summed E-state index contributed by atoms with van der Waals surface area (Å²) >= 11 is 0. The Balaban J connectivity index is 1.87. The summed E-state index contributed by atoms with van der Waals surface area (Å²) in [5.41, 5.74) is 2.81. The standard InChI is InChI=1S/C17H25NO/c1-17(2,3)15-9-6-14(7-10-15)8-11-16(19)18-12-4-5-13-18/h6-7,9-10H,4-5,8,11-13H2,1-3H3. The molecule has 1 amide bonds. The quantitative estimate of drug-likeness (QED) is 0.813. The fraction of sp³-hybridized carbons (Fsp3) is 0.588. The van der Waals surface area contributed by atoms with E-state index in [0.29, 0.717) is 12.3 Å². The van der Waals surface area contributed by atoms with Gasteiger partial charge in [0.2, 0.25) is 5.91 Å². The van der Waals surface area contributed by atoms with Crippen molar-refractivity contribution in [1.82, 2.24) is 4.90 Å². The van der Waals surface area contributed by atoms with Crippen molar-refractivity contribution < 1.29 is 4.79 Å². The van der Waals surface area contributed by atoms with Crippen LogP contribution >= 0.6 is 0 Å². The van der Waals surface area contributed by atoms with Crippen LogP contribution in [0.3, 0.4) is 0 Å². The van der Waals surface area contributed by atoms with Crippen LogP contribution in [0.2, 0.25) is 0 Å². The van der Waals surface area contributed by atoms with Crippen LogP contribution < -0.4 is 0 Å². The van der Waals surface area contributed by atoms with E-state index in [4.69, 9.17) is 0 Å². The number of rotatable bonds is 3. The van der Waals surface area contributed by atoms with Gasteiger partial charge in [-0.15, -0.1) is 0 Å². The Morgan fingerprint density at radius 2 is 1.68 bits per heavy atom. The highest BCUT2D eigenvalue weighted by molar-refractivity contribution is 5.76. The van der Waals surface area contributed by atoms with Crippen LogP contribution in [-0.4, -0.2) is 23.9 Å². The minimum atomic E-state index is 0.198. The second kappa shape index (κ2) is 5.77. The molecule has 0 unspecified atom stereocenters. The van der Waals surface area contributed by atoms with Crippen molar-refractivity contribution in [3.05, 3.63) is 35.4 Å². The van der Waals surface area contributed by atoms with Gasteiger partial charge in [0.15, 0.2) is 0 Å². The number of carbonyl (C=O) groups is 1. The van der Waals surface area contributed by atoms with Crippen LogP contribution in [0.15, 0.2) is 24.3 Å². The highest BCUT2D eigenvalue weighted by atomic mass is 16.2. The lowest BCUT2D eigenvalue weighted by Crippen LogP contribution is -2.27. The SMILES string of the molecule is CC(C)(C)c1ccc(CCC(=O)N2CCCC2)cc1. The zero-order valence-electron chi connectivity index (χ0n) is 12.4. The lowest BCUT2D eigenvalue weighted by molar-refractivity contribution is -0.130. The van der Waals surface area contributed by atoms with E-state index in [0.717, 1.165) is 19.5 Å². The van der Waals surface area contributed by atoms with Gasteiger partial charge in [0.05, 0.1) is 0 Å². The monoisotopic (exact) mass is 259 g/mol. The van der Waals surface area contributed by atoms with Crippen LogP contribution in [0, 0.1) is 0 Å². The third kappa shape index (κ3) is 3.82. The topological polar surface area (TPSA) is 20.3 Å². The predicted octanol–water partition coefficient (Wildman–Crippen LogP) is 3.54. The van der Waals surface area contributed by atoms with Gasteiger partial charge in [0.25, 0.3) is 0 Å². The summed E-state index contributed by atoms with van der Waals surface area (Å²) in [6.45, 7) is 8.58. The molecule has 1 aromatic rings. The Labute approximate surface area is 116 Å². The van der Waals surface area contributed by atoms with Gasteiger partial charge in [-0.25, -0.2) is 0 Å². The molecule has 1 aliphatic heterocycles. The molecule has 104 valence electrons. The van der Waals surface area contributed by atoms with Crippen molar-refractivity contribution in [2.45, 2.75) is 51.9 Å². The van der Waals surface area contributed by atoms with Crippen molar-refractivity contribution in [3.8, 4) is 0 Å². The van der Waals surface area contributed by atoms with E-state index in [2.05, 4.69) is 45.0 Å². The van der Waals surface area contributed by atoms with Gasteiger partial charge >= 0.3 is 0 Å². The molecule has 0 bridgehead atoms. The Hall–Kier alpha value is -1.31. The van der Waals surface area contributed by atoms with Crippen LogP contribution in [0.25, 0.3) is 0 Å². The van der Waals surface area contributed by atoms with E-state index >= 15 is 0 Å². The van der Waals surface area contributed by atoms with Crippen molar-refractivity contribution in [1.29, 1.82) is 0 Å². The Morgan fingerprint density at radius 1 is 1.11 bits per heavy atom. The zero-order valence-corrected chi connectivity index (χ0v) is 12.4. The normalized spacial score (nSPS) is 15.8. The zero-order chi connectivity index (χ0) is 13.9. The third-order valence-corrected chi connectivity index (χ3v) is 3.91. The molecule has 0 N–H and O–H groups in total. The average Bonchev–Trinajstić information content (AvgIpc) is 2.89. The highest BCUT2D eigenvalue weighted by Crippen LogP contribution is 2.22. The maximum absolute atomic E-state index is 12.0. The summed E-state index contributed by atoms with van der Waals surface area (Å²) in [4.78, 5) is 14.0. The number of amides is 1. The molecule has 0 radical (unpaired) electrons. The molecule has 2 heteroatoms. The molecule has 2 rings (SSSR count). The molecular weight excluding hydrogens is 234 g/mol. The number of likely N-dealkylation sites (tertiary alicyclic amines) is 1. The van der Waals surface area contributed by atoms with Gasteiger partial charge in [0, 0.05) is 19.5 Å². The largest absolute Gasteiger partial charge is 0.343 e. The summed E-state index contributed by atoms with van der Waals surface area (Å²) in [7, 11) is 0. The van der Waals surface area contributed by atoms with Crippen LogP contribution in [-0.2, 0) is 16.6 Å². The van der Waals surface area contributed by atoms with Gasteiger partial charge in [-0.3, -0.25) is 4.79 Å². The summed E-state index contributed by atoms with van der Waals surface area (Å²) in [6.07, 6.45) is 3.85. The molecule has 19 heavy (non-hydrogen) atoms. The first kappa shape index (κ1) is 14.1. The number of carbonyl (C=O) groups excluding carboxylic acids is 1. The molecule has 0 atom stereocenters. The van der Waals surface area contributed by atoms with Crippen molar-refractivity contribution in [3.63, 3.8) is 0 Å². The molecule has 2 nitrogen and oxygen atoms in total. The van der Waals surface area contributed by atoms with Crippen LogP contribution in [0.1, 0.15) is 51.2 Å². The number of nitrogens with zero attached hydrogens (tertiary/aromatic N) is 1. The highest BCUT2D eigenvalue weighted by Gasteiger charge is 2.17. The second-order valence-corrected chi connectivity index (χ2v) is 6.53. The van der Waals surface area contributed by atoms with Crippen molar-refractivity contribution in [2.24, 2.45) is 0 Å². The summed E-state index contributed by atoms with van der Waals surface area (Å²) in [5, 5.41) is 0. The molecular formula is C17H25NO. The lowest BCUT2D eigenvalue weighted by atomic mass is 9.86. The van der Waals surface area contributed by atoms with Crippen LogP contribution in [0.4, 0.5) is 0 Å². The van der Waals surface area contributed by atoms with Crippen LogP contribution in [0.5, 0.6) is 0 Å². The summed E-state index contributed by atoms with van der Waals surface area (Å²) in [5.74, 6) is 0.317. The van der Waals surface area contributed by atoms with Gasteiger partial charge in [-0.05, 0) is 35.8 Å². The lowest BCUT2D eigenvalue weighted by Gasteiger charge is -2.19. The second-order valence-electron chi connectivity index (χ2n) is 6.53. The molecule has 1 aromatic carbocycles. The first-order valence-electron chi connectivity index (χ1n) is 7.34. The molecule has 0 spiro atoms. The maximum atomic E-state index is 12.0. The smallest absolute Gasteiger partial charge is 0.222 e. The van der Waals surface area contributed by atoms with Crippen molar-refractivity contribution in [2.75, 3.05) is 13.1 Å². The van der Waals surface area contributed by atoms with E-state index in [1.165, 1.54) is 24.0 Å². The minimum absolute atomic E-state index is 0.198. The van der Waals surface area contributed by atoms with E-state index in [-0.39, 0.29) is 5.41 Å². The molecule has 1 aliphatic rings. The first-order valence-corrected chi connectivity index (χ1v) is 7.34. The molecule has 1 saturated heterocycles. The van der Waals surface area contributed by atoms with Gasteiger partial charge < -0.3 is 4.90 Å². The van der Waals surface area contributed by atoms with E-state index in [1.807, 2.05) is 4.90 Å². The minimum Gasteiger partial charge on any atom is -0.343 e. The summed E-state index contributed by atoms with van der Waals surface area (Å²) in [6, 6.07) is 8.71. The van der Waals surface area contributed by atoms with Crippen molar-refractivity contribution >= 4 is 5.91 Å². The number of hydrogen-bond donors (Lipinski definition) is 0. The summed E-state index contributed by atoms with van der Waals surface area (Å²) < 4.78 is 0. The Morgan fingerprint density at radius 3 is 2.21 bits per heavy atom. The molecule has 1 heterocycles. The Bertz CT molecular complexity index is 422. The number of aryl methyl sites for hydroxylation is 1. The van der Waals surface area contributed by atoms with Gasteiger partial charge in [-0.1, -0.05) is 45.0 Å². The van der Waals surface area contributed by atoms with E-state index in [1.54, 1.807) is 0 Å². The maximum Gasteiger partial charge on any atom is 0.222 e. The van der Waals surface area contributed by atoms with Gasteiger partial charge in [-0.2, -0.15) is 0 Å². The molecule has 0 aromatic heterocycles. The molecule has 0 saturated carbocycles. The van der Waals surface area contributed by atoms with E-state index < -0.39 is 0 Å². The fourth-order valence-corrected chi connectivity index (χ4v) is 2.55. The first-order chi connectivity index (χ1) is 8.97.